The molecule has 0 bridgehead atoms. The van der Waals surface area contributed by atoms with Gasteiger partial charge in [-0.05, 0) is 60.8 Å². The minimum absolute atomic E-state index is 0.166. The fraction of sp³-hybridized carbons (Fsp3) is 0.294. The van der Waals surface area contributed by atoms with Crippen molar-refractivity contribution >= 4 is 34.8 Å². The van der Waals surface area contributed by atoms with Gasteiger partial charge in [0.2, 0.25) is 0 Å². The van der Waals surface area contributed by atoms with Gasteiger partial charge < -0.3 is 5.32 Å². The number of hydrogen-bond donors (Lipinski definition) is 1. The van der Waals surface area contributed by atoms with Crippen molar-refractivity contribution in [1.29, 1.82) is 0 Å². The van der Waals surface area contributed by atoms with Gasteiger partial charge >= 0.3 is 0 Å². The molecular formula is C17H18Cl3N. The Balaban J connectivity index is 2.25. The lowest BCUT2D eigenvalue weighted by atomic mass is 9.98. The third kappa shape index (κ3) is 5.19. The van der Waals surface area contributed by atoms with Crippen LogP contribution < -0.4 is 5.32 Å². The van der Waals surface area contributed by atoms with Crippen molar-refractivity contribution in [3.63, 3.8) is 0 Å². The molecule has 0 saturated carbocycles. The highest BCUT2D eigenvalue weighted by Crippen LogP contribution is 2.26. The van der Waals surface area contributed by atoms with Crippen LogP contribution in [0.4, 0.5) is 0 Å². The maximum atomic E-state index is 6.12. The zero-order chi connectivity index (χ0) is 15.2. The van der Waals surface area contributed by atoms with Gasteiger partial charge in [0.1, 0.15) is 0 Å². The van der Waals surface area contributed by atoms with Crippen LogP contribution in [-0.4, -0.2) is 6.54 Å². The molecule has 1 nitrogen and oxygen atoms in total. The molecule has 21 heavy (non-hydrogen) atoms. The first kappa shape index (κ1) is 16.6. The third-order valence-electron chi connectivity index (χ3n) is 3.26. The number of benzene rings is 2. The molecular weight excluding hydrogens is 325 g/mol. The van der Waals surface area contributed by atoms with Crippen molar-refractivity contribution in [3.05, 3.63) is 68.7 Å². The number of nitrogens with one attached hydrogen (secondary N) is 1. The Morgan fingerprint density at radius 3 is 2.29 bits per heavy atom. The van der Waals surface area contributed by atoms with Crippen molar-refractivity contribution in [3.8, 4) is 0 Å². The summed E-state index contributed by atoms with van der Waals surface area (Å²) in [5, 5.41) is 5.62. The van der Waals surface area contributed by atoms with E-state index < -0.39 is 0 Å². The highest BCUT2D eigenvalue weighted by molar-refractivity contribution is 6.34. The molecule has 0 aliphatic carbocycles. The average molecular weight is 343 g/mol. The van der Waals surface area contributed by atoms with Gasteiger partial charge in [-0.1, -0.05) is 53.9 Å². The van der Waals surface area contributed by atoms with E-state index in [0.29, 0.717) is 10.0 Å². The van der Waals surface area contributed by atoms with Crippen LogP contribution in [0.1, 0.15) is 30.5 Å². The van der Waals surface area contributed by atoms with Crippen LogP contribution in [-0.2, 0) is 6.42 Å². The van der Waals surface area contributed by atoms with Crippen LogP contribution in [0, 0.1) is 0 Å². The minimum atomic E-state index is 0.166. The predicted octanol–water partition coefficient (Wildman–Crippen LogP) is 5.93. The third-order valence-corrected chi connectivity index (χ3v) is 3.93. The summed E-state index contributed by atoms with van der Waals surface area (Å²) in [6.45, 7) is 3.09. The molecule has 2 aromatic rings. The number of hydrogen-bond acceptors (Lipinski definition) is 1. The Bertz CT molecular complexity index is 578. The molecule has 2 rings (SSSR count). The quantitative estimate of drug-likeness (QED) is 0.686. The van der Waals surface area contributed by atoms with Gasteiger partial charge in [0, 0.05) is 21.1 Å². The second-order valence-corrected chi connectivity index (χ2v) is 6.35. The fourth-order valence-corrected chi connectivity index (χ4v) is 3.06. The molecule has 2 aromatic carbocycles. The highest BCUT2D eigenvalue weighted by Gasteiger charge is 2.13. The topological polar surface area (TPSA) is 12.0 Å². The molecule has 0 radical (unpaired) electrons. The van der Waals surface area contributed by atoms with Gasteiger partial charge in [-0.15, -0.1) is 0 Å². The van der Waals surface area contributed by atoms with E-state index in [1.54, 1.807) is 6.07 Å². The van der Waals surface area contributed by atoms with Gasteiger partial charge in [-0.3, -0.25) is 0 Å². The summed E-state index contributed by atoms with van der Waals surface area (Å²) >= 11 is 18.3. The number of halogens is 3. The first-order valence-corrected chi connectivity index (χ1v) is 8.15. The van der Waals surface area contributed by atoms with Crippen molar-refractivity contribution in [2.75, 3.05) is 6.54 Å². The van der Waals surface area contributed by atoms with Crippen LogP contribution in [0.3, 0.4) is 0 Å². The molecule has 112 valence electrons. The largest absolute Gasteiger partial charge is 0.310 e. The van der Waals surface area contributed by atoms with Gasteiger partial charge in [-0.2, -0.15) is 0 Å². The summed E-state index contributed by atoms with van der Waals surface area (Å²) in [6.07, 6.45) is 1.91. The van der Waals surface area contributed by atoms with Gasteiger partial charge in [0.05, 0.1) is 0 Å². The average Bonchev–Trinajstić information content (AvgIpc) is 2.42. The molecule has 0 aliphatic heterocycles. The van der Waals surface area contributed by atoms with Crippen molar-refractivity contribution in [2.45, 2.75) is 25.8 Å². The Hall–Kier alpha value is -0.730. The van der Waals surface area contributed by atoms with Gasteiger partial charge in [0.25, 0.3) is 0 Å². The maximum Gasteiger partial charge on any atom is 0.0424 e. The summed E-state index contributed by atoms with van der Waals surface area (Å²) in [6, 6.07) is 13.8. The molecule has 1 unspecified atom stereocenters. The molecule has 0 spiro atoms. The second-order valence-electron chi connectivity index (χ2n) is 5.04. The lowest BCUT2D eigenvalue weighted by molar-refractivity contribution is 0.529. The van der Waals surface area contributed by atoms with Gasteiger partial charge in [0.15, 0.2) is 0 Å². The monoisotopic (exact) mass is 341 g/mol. The Labute approximate surface area is 141 Å². The van der Waals surface area contributed by atoms with Crippen LogP contribution in [0.25, 0.3) is 0 Å². The minimum Gasteiger partial charge on any atom is -0.310 e. The van der Waals surface area contributed by atoms with E-state index in [4.69, 9.17) is 34.8 Å². The van der Waals surface area contributed by atoms with Crippen LogP contribution >= 0.6 is 34.8 Å². The molecule has 0 aliphatic rings. The summed E-state index contributed by atoms with van der Waals surface area (Å²) in [4.78, 5) is 0. The fourth-order valence-electron chi connectivity index (χ4n) is 2.30. The second kappa shape index (κ2) is 8.05. The zero-order valence-corrected chi connectivity index (χ0v) is 14.1. The summed E-state index contributed by atoms with van der Waals surface area (Å²) in [5.74, 6) is 0. The van der Waals surface area contributed by atoms with Crippen LogP contribution in [0.15, 0.2) is 42.5 Å². The lowest BCUT2D eigenvalue weighted by Gasteiger charge is -2.20. The van der Waals surface area contributed by atoms with Crippen LogP contribution in [0.2, 0.25) is 15.1 Å². The molecule has 0 aromatic heterocycles. The summed E-state index contributed by atoms with van der Waals surface area (Å²) in [7, 11) is 0. The van der Waals surface area contributed by atoms with E-state index in [-0.39, 0.29) is 6.04 Å². The molecule has 0 heterocycles. The molecule has 0 amide bonds. The normalized spacial score (nSPS) is 12.4. The molecule has 0 fully saturated rings. The van der Waals surface area contributed by atoms with E-state index in [9.17, 15) is 0 Å². The van der Waals surface area contributed by atoms with Crippen molar-refractivity contribution in [2.24, 2.45) is 0 Å². The van der Waals surface area contributed by atoms with Crippen molar-refractivity contribution < 1.29 is 0 Å². The SMILES string of the molecule is CCCNC(Cc1cccc(Cl)c1)c1cc(Cl)cc(Cl)c1. The van der Waals surface area contributed by atoms with Gasteiger partial charge in [-0.25, -0.2) is 0 Å². The maximum absolute atomic E-state index is 6.12. The highest BCUT2D eigenvalue weighted by atomic mass is 35.5. The standard InChI is InChI=1S/C17H18Cl3N/c1-2-6-21-17(8-12-4-3-5-14(18)7-12)13-9-15(19)11-16(20)10-13/h3-5,7,9-11,17,21H,2,6,8H2,1H3. The Kier molecular flexibility index (Phi) is 6.38. The van der Waals surface area contributed by atoms with Crippen LogP contribution in [0.5, 0.6) is 0 Å². The smallest absolute Gasteiger partial charge is 0.0424 e. The molecule has 0 saturated heterocycles. The summed E-state index contributed by atoms with van der Waals surface area (Å²) in [5.41, 5.74) is 2.29. The van der Waals surface area contributed by atoms with E-state index in [0.717, 1.165) is 30.0 Å². The Morgan fingerprint density at radius 2 is 1.67 bits per heavy atom. The predicted molar refractivity (Wildman–Crippen MR) is 92.7 cm³/mol. The zero-order valence-electron chi connectivity index (χ0n) is 11.9. The van der Waals surface area contributed by atoms with E-state index in [2.05, 4.69) is 18.3 Å². The summed E-state index contributed by atoms with van der Waals surface area (Å²) < 4.78 is 0. The molecule has 1 atom stereocenters. The number of rotatable bonds is 6. The molecule has 4 heteroatoms. The van der Waals surface area contributed by atoms with E-state index in [1.165, 1.54) is 5.56 Å². The van der Waals surface area contributed by atoms with E-state index in [1.807, 2.05) is 30.3 Å². The first-order chi connectivity index (χ1) is 10.1. The first-order valence-electron chi connectivity index (χ1n) is 7.02. The van der Waals surface area contributed by atoms with E-state index >= 15 is 0 Å². The Morgan fingerprint density at radius 1 is 0.952 bits per heavy atom. The lowest BCUT2D eigenvalue weighted by Crippen LogP contribution is -2.24. The van der Waals surface area contributed by atoms with Crippen molar-refractivity contribution in [1.82, 2.24) is 5.32 Å². The molecule has 1 N–H and O–H groups in total.